The van der Waals surface area contributed by atoms with Crippen molar-refractivity contribution in [3.63, 3.8) is 0 Å². The van der Waals surface area contributed by atoms with E-state index >= 15 is 0 Å². The molecule has 1 N–H and O–H groups in total. The molecule has 3 aromatic carbocycles. The SMILES string of the molecule is CC(=NOCc1ccc(F)cc1)c1ccc(Nc2ncnc3ccccc23)cc1. The summed E-state index contributed by atoms with van der Waals surface area (Å²) in [5.41, 5.74) is 4.37. The van der Waals surface area contributed by atoms with E-state index < -0.39 is 0 Å². The molecule has 0 fully saturated rings. The smallest absolute Gasteiger partial charge is 0.142 e. The summed E-state index contributed by atoms with van der Waals surface area (Å²) >= 11 is 0. The number of oxime groups is 1. The normalized spacial score (nSPS) is 11.4. The molecule has 0 radical (unpaired) electrons. The van der Waals surface area contributed by atoms with Crippen LogP contribution in [0.2, 0.25) is 0 Å². The molecular formula is C23H19FN4O. The average Bonchev–Trinajstić information content (AvgIpc) is 2.76. The summed E-state index contributed by atoms with van der Waals surface area (Å²) in [4.78, 5) is 14.0. The van der Waals surface area contributed by atoms with Crippen LogP contribution in [0, 0.1) is 5.82 Å². The Morgan fingerprint density at radius 2 is 1.72 bits per heavy atom. The third-order valence-corrected chi connectivity index (χ3v) is 4.45. The molecule has 1 heterocycles. The molecular weight excluding hydrogens is 367 g/mol. The Morgan fingerprint density at radius 3 is 2.52 bits per heavy atom. The third-order valence-electron chi connectivity index (χ3n) is 4.45. The van der Waals surface area contributed by atoms with Crippen LogP contribution in [-0.2, 0) is 11.4 Å². The lowest BCUT2D eigenvalue weighted by molar-refractivity contribution is 0.130. The monoisotopic (exact) mass is 386 g/mol. The van der Waals surface area contributed by atoms with Crippen LogP contribution in [0.3, 0.4) is 0 Å². The number of nitrogens with one attached hydrogen (secondary N) is 1. The van der Waals surface area contributed by atoms with Crippen molar-refractivity contribution < 1.29 is 9.23 Å². The lowest BCUT2D eigenvalue weighted by Crippen LogP contribution is -1.99. The summed E-state index contributed by atoms with van der Waals surface area (Å²) in [6.07, 6.45) is 1.55. The largest absolute Gasteiger partial charge is 0.391 e. The van der Waals surface area contributed by atoms with E-state index in [4.69, 9.17) is 4.84 Å². The van der Waals surface area contributed by atoms with E-state index in [0.29, 0.717) is 0 Å². The lowest BCUT2D eigenvalue weighted by atomic mass is 10.1. The number of rotatable bonds is 6. The molecule has 0 saturated heterocycles. The summed E-state index contributed by atoms with van der Waals surface area (Å²) in [7, 11) is 0. The van der Waals surface area contributed by atoms with Crippen LogP contribution in [0.5, 0.6) is 0 Å². The van der Waals surface area contributed by atoms with Gasteiger partial charge in [0.05, 0.1) is 11.2 Å². The number of benzene rings is 3. The van der Waals surface area contributed by atoms with E-state index in [2.05, 4.69) is 20.4 Å². The number of nitrogens with zero attached hydrogens (tertiary/aromatic N) is 3. The topological polar surface area (TPSA) is 59.4 Å². The molecule has 1 aromatic heterocycles. The van der Waals surface area contributed by atoms with E-state index in [-0.39, 0.29) is 12.4 Å². The quantitative estimate of drug-likeness (QED) is 0.353. The van der Waals surface area contributed by atoms with Crippen LogP contribution in [0.4, 0.5) is 15.9 Å². The van der Waals surface area contributed by atoms with Gasteiger partial charge in [-0.15, -0.1) is 0 Å². The van der Waals surface area contributed by atoms with E-state index in [1.54, 1.807) is 18.5 Å². The molecule has 6 heteroatoms. The fourth-order valence-electron chi connectivity index (χ4n) is 2.87. The molecule has 0 amide bonds. The second-order valence-electron chi connectivity index (χ2n) is 6.52. The summed E-state index contributed by atoms with van der Waals surface area (Å²) in [6, 6.07) is 21.9. The van der Waals surface area contributed by atoms with Crippen molar-refractivity contribution in [3.8, 4) is 0 Å². The van der Waals surface area contributed by atoms with Gasteiger partial charge in [0.1, 0.15) is 24.6 Å². The average molecular weight is 386 g/mol. The predicted molar refractivity (Wildman–Crippen MR) is 113 cm³/mol. The van der Waals surface area contributed by atoms with Crippen LogP contribution in [0.25, 0.3) is 10.9 Å². The highest BCUT2D eigenvalue weighted by Crippen LogP contribution is 2.23. The Morgan fingerprint density at radius 1 is 0.966 bits per heavy atom. The maximum Gasteiger partial charge on any atom is 0.142 e. The molecule has 4 aromatic rings. The number of hydrogen-bond donors (Lipinski definition) is 1. The van der Waals surface area contributed by atoms with Gasteiger partial charge < -0.3 is 10.2 Å². The van der Waals surface area contributed by atoms with Gasteiger partial charge in [-0.25, -0.2) is 14.4 Å². The summed E-state index contributed by atoms with van der Waals surface area (Å²) in [5, 5.41) is 8.44. The maximum atomic E-state index is 12.9. The Labute approximate surface area is 167 Å². The van der Waals surface area contributed by atoms with Gasteiger partial charge >= 0.3 is 0 Å². The lowest BCUT2D eigenvalue weighted by Gasteiger charge is -2.09. The highest BCUT2D eigenvalue weighted by Gasteiger charge is 2.04. The minimum Gasteiger partial charge on any atom is -0.391 e. The minimum atomic E-state index is -0.267. The first kappa shape index (κ1) is 18.6. The molecule has 0 atom stereocenters. The van der Waals surface area contributed by atoms with Crippen LogP contribution in [0.15, 0.2) is 84.3 Å². The number of anilines is 2. The predicted octanol–water partition coefficient (Wildman–Crippen LogP) is 5.45. The number of para-hydroxylation sites is 1. The molecule has 29 heavy (non-hydrogen) atoms. The zero-order chi connectivity index (χ0) is 20.1. The minimum absolute atomic E-state index is 0.267. The highest BCUT2D eigenvalue weighted by atomic mass is 19.1. The van der Waals surface area contributed by atoms with Crippen molar-refractivity contribution in [3.05, 3.63) is 96.1 Å². The Balaban J connectivity index is 1.42. The first-order valence-electron chi connectivity index (χ1n) is 9.17. The van der Waals surface area contributed by atoms with Gasteiger partial charge in [0, 0.05) is 11.1 Å². The second kappa shape index (κ2) is 8.48. The van der Waals surface area contributed by atoms with E-state index in [1.165, 1.54) is 12.1 Å². The van der Waals surface area contributed by atoms with Crippen molar-refractivity contribution in [2.45, 2.75) is 13.5 Å². The van der Waals surface area contributed by atoms with Crippen LogP contribution < -0.4 is 5.32 Å². The molecule has 0 spiro atoms. The number of aromatic nitrogens is 2. The molecule has 0 aliphatic carbocycles. The van der Waals surface area contributed by atoms with E-state index in [9.17, 15) is 4.39 Å². The maximum absolute atomic E-state index is 12.9. The zero-order valence-corrected chi connectivity index (χ0v) is 15.8. The molecule has 0 aliphatic rings. The van der Waals surface area contributed by atoms with Crippen LogP contribution >= 0.6 is 0 Å². The summed E-state index contributed by atoms with van der Waals surface area (Å²) in [6.45, 7) is 2.17. The first-order valence-corrected chi connectivity index (χ1v) is 9.17. The fraction of sp³-hybridized carbons (Fsp3) is 0.0870. The second-order valence-corrected chi connectivity index (χ2v) is 6.52. The molecule has 144 valence electrons. The van der Waals surface area contributed by atoms with Crippen molar-refractivity contribution in [2.75, 3.05) is 5.32 Å². The van der Waals surface area contributed by atoms with Gasteiger partial charge in [-0.1, -0.05) is 41.6 Å². The third kappa shape index (κ3) is 4.55. The van der Waals surface area contributed by atoms with Crippen LogP contribution in [0.1, 0.15) is 18.1 Å². The molecule has 0 saturated carbocycles. The summed E-state index contributed by atoms with van der Waals surface area (Å²) < 4.78 is 12.9. The fourth-order valence-corrected chi connectivity index (χ4v) is 2.87. The van der Waals surface area contributed by atoms with E-state index in [1.807, 2.05) is 55.5 Å². The van der Waals surface area contributed by atoms with Crippen molar-refractivity contribution in [2.24, 2.45) is 5.16 Å². The molecule has 4 rings (SSSR count). The standard InChI is InChI=1S/C23H19FN4O/c1-16(28-29-14-17-6-10-19(24)11-7-17)18-8-12-20(13-9-18)27-23-21-4-2-3-5-22(21)25-15-26-23/h2-13,15H,14H2,1H3,(H,25,26,27). The highest BCUT2D eigenvalue weighted by molar-refractivity contribution is 5.98. The van der Waals surface area contributed by atoms with Gasteiger partial charge in [0.2, 0.25) is 0 Å². The first-order chi connectivity index (χ1) is 14.2. The number of hydrogen-bond acceptors (Lipinski definition) is 5. The zero-order valence-electron chi connectivity index (χ0n) is 15.8. The molecule has 0 aliphatic heterocycles. The Hall–Kier alpha value is -3.80. The number of fused-ring (bicyclic) bond motifs is 1. The summed E-state index contributed by atoms with van der Waals surface area (Å²) in [5.74, 6) is 0.494. The Bertz CT molecular complexity index is 1140. The number of halogens is 1. The van der Waals surface area contributed by atoms with Gasteiger partial charge in [-0.3, -0.25) is 0 Å². The van der Waals surface area contributed by atoms with Crippen LogP contribution in [-0.4, -0.2) is 15.7 Å². The van der Waals surface area contributed by atoms with Gasteiger partial charge in [-0.2, -0.15) is 0 Å². The van der Waals surface area contributed by atoms with Crippen molar-refractivity contribution >= 4 is 28.1 Å². The molecule has 5 nitrogen and oxygen atoms in total. The van der Waals surface area contributed by atoms with Crippen molar-refractivity contribution in [1.29, 1.82) is 0 Å². The van der Waals surface area contributed by atoms with Gasteiger partial charge in [0.15, 0.2) is 0 Å². The van der Waals surface area contributed by atoms with E-state index in [0.717, 1.165) is 39.2 Å². The van der Waals surface area contributed by atoms with Gasteiger partial charge in [-0.05, 0) is 54.4 Å². The van der Waals surface area contributed by atoms with Crippen molar-refractivity contribution in [1.82, 2.24) is 9.97 Å². The molecule has 0 bridgehead atoms. The Kier molecular flexibility index (Phi) is 5.42. The molecule has 0 unspecified atom stereocenters. The van der Waals surface area contributed by atoms with Gasteiger partial charge in [0.25, 0.3) is 0 Å².